The molecule has 0 bridgehead atoms. The van der Waals surface area contributed by atoms with E-state index in [9.17, 15) is 4.79 Å². The number of hydrogen-bond acceptors (Lipinski definition) is 4. The van der Waals surface area contributed by atoms with Crippen LogP contribution in [0.5, 0.6) is 0 Å². The average molecular weight is 263 g/mol. The summed E-state index contributed by atoms with van der Waals surface area (Å²) in [6, 6.07) is 3.77. The summed E-state index contributed by atoms with van der Waals surface area (Å²) in [7, 11) is 1.65. The molecule has 2 heterocycles. The zero-order valence-corrected chi connectivity index (χ0v) is 11.4. The molecule has 1 aliphatic rings. The Hall–Kier alpha value is -1.62. The molecule has 0 aromatic carbocycles. The zero-order valence-electron chi connectivity index (χ0n) is 11.4. The number of nitrogens with one attached hydrogen (secondary N) is 1. The van der Waals surface area contributed by atoms with E-state index in [4.69, 9.17) is 4.74 Å². The van der Waals surface area contributed by atoms with E-state index >= 15 is 0 Å². The normalized spacial score (nSPS) is 14.7. The number of ether oxygens (including phenoxy) is 1. The van der Waals surface area contributed by atoms with Crippen LogP contribution in [0.25, 0.3) is 0 Å². The Morgan fingerprint density at radius 2 is 2.21 bits per heavy atom. The lowest BCUT2D eigenvalue weighted by atomic mass is 10.3. The van der Waals surface area contributed by atoms with Gasteiger partial charge in [-0.15, -0.1) is 0 Å². The lowest BCUT2D eigenvalue weighted by Crippen LogP contribution is -2.26. The largest absolute Gasteiger partial charge is 0.385 e. The van der Waals surface area contributed by atoms with Gasteiger partial charge < -0.3 is 15.0 Å². The van der Waals surface area contributed by atoms with Crippen LogP contribution in [0.4, 0.5) is 5.69 Å². The van der Waals surface area contributed by atoms with Crippen molar-refractivity contribution in [3.8, 4) is 0 Å². The summed E-state index contributed by atoms with van der Waals surface area (Å²) < 4.78 is 4.93. The van der Waals surface area contributed by atoms with Gasteiger partial charge in [-0.25, -0.2) is 4.98 Å². The van der Waals surface area contributed by atoms with Crippen molar-refractivity contribution in [3.63, 3.8) is 0 Å². The van der Waals surface area contributed by atoms with Crippen LogP contribution in [0, 0.1) is 0 Å². The van der Waals surface area contributed by atoms with Crippen molar-refractivity contribution in [2.75, 3.05) is 38.3 Å². The second-order valence-corrected chi connectivity index (χ2v) is 4.70. The van der Waals surface area contributed by atoms with Gasteiger partial charge in [-0.3, -0.25) is 4.79 Å². The smallest absolute Gasteiger partial charge is 0.269 e. The fourth-order valence-corrected chi connectivity index (χ4v) is 2.19. The van der Waals surface area contributed by atoms with E-state index in [2.05, 4.69) is 15.2 Å². The van der Waals surface area contributed by atoms with Crippen molar-refractivity contribution in [3.05, 3.63) is 24.0 Å². The van der Waals surface area contributed by atoms with E-state index in [0.717, 1.165) is 25.2 Å². The summed E-state index contributed by atoms with van der Waals surface area (Å²) in [5.74, 6) is -0.121. The number of anilines is 1. The molecule has 1 fully saturated rings. The maximum absolute atomic E-state index is 11.8. The van der Waals surface area contributed by atoms with E-state index in [0.29, 0.717) is 18.8 Å². The van der Waals surface area contributed by atoms with Crippen LogP contribution in [0.3, 0.4) is 0 Å². The molecule has 0 unspecified atom stereocenters. The van der Waals surface area contributed by atoms with Gasteiger partial charge in [0.25, 0.3) is 5.91 Å². The number of aromatic nitrogens is 1. The molecular weight excluding hydrogens is 242 g/mol. The number of nitrogens with zero attached hydrogens (tertiary/aromatic N) is 2. The Balaban J connectivity index is 1.85. The van der Waals surface area contributed by atoms with Crippen LogP contribution in [-0.2, 0) is 4.74 Å². The van der Waals surface area contributed by atoms with Gasteiger partial charge in [-0.2, -0.15) is 0 Å². The maximum atomic E-state index is 11.8. The zero-order chi connectivity index (χ0) is 13.5. The molecule has 1 N–H and O–H groups in total. The Labute approximate surface area is 114 Å². The minimum Gasteiger partial charge on any atom is -0.385 e. The highest BCUT2D eigenvalue weighted by Gasteiger charge is 2.13. The minimum atomic E-state index is -0.121. The Morgan fingerprint density at radius 3 is 2.84 bits per heavy atom. The Morgan fingerprint density at radius 1 is 1.42 bits per heavy atom. The van der Waals surface area contributed by atoms with E-state index in [1.807, 2.05) is 6.07 Å². The molecule has 0 spiro atoms. The molecule has 0 atom stereocenters. The molecule has 5 nitrogen and oxygen atoms in total. The Bertz CT molecular complexity index is 400. The first-order valence-electron chi connectivity index (χ1n) is 6.79. The van der Waals surface area contributed by atoms with Crippen molar-refractivity contribution >= 4 is 11.6 Å². The molecule has 104 valence electrons. The number of carbonyl (C=O) groups excluding carboxylic acids is 1. The lowest BCUT2D eigenvalue weighted by Gasteiger charge is -2.16. The first-order valence-corrected chi connectivity index (χ1v) is 6.79. The van der Waals surface area contributed by atoms with Crippen molar-refractivity contribution in [1.29, 1.82) is 0 Å². The van der Waals surface area contributed by atoms with E-state index in [1.54, 1.807) is 19.4 Å². The molecule has 0 radical (unpaired) electrons. The van der Waals surface area contributed by atoms with Gasteiger partial charge in [0.05, 0.1) is 11.9 Å². The second-order valence-electron chi connectivity index (χ2n) is 4.70. The molecular formula is C14H21N3O2. The molecule has 1 saturated heterocycles. The molecule has 0 aliphatic carbocycles. The summed E-state index contributed by atoms with van der Waals surface area (Å²) in [5, 5.41) is 2.83. The Kier molecular flexibility index (Phi) is 5.15. The summed E-state index contributed by atoms with van der Waals surface area (Å²) in [5.41, 5.74) is 1.58. The monoisotopic (exact) mass is 263 g/mol. The average Bonchev–Trinajstić information content (AvgIpc) is 2.98. The van der Waals surface area contributed by atoms with Crippen LogP contribution in [0.15, 0.2) is 18.3 Å². The van der Waals surface area contributed by atoms with Crippen LogP contribution < -0.4 is 10.2 Å². The number of rotatable bonds is 6. The van der Waals surface area contributed by atoms with Crippen LogP contribution in [0.2, 0.25) is 0 Å². The highest BCUT2D eigenvalue weighted by molar-refractivity contribution is 5.92. The summed E-state index contributed by atoms with van der Waals surface area (Å²) in [6.45, 7) is 3.44. The van der Waals surface area contributed by atoms with E-state index in [1.165, 1.54) is 12.8 Å². The van der Waals surface area contributed by atoms with E-state index in [-0.39, 0.29) is 5.91 Å². The summed E-state index contributed by atoms with van der Waals surface area (Å²) in [4.78, 5) is 18.3. The molecule has 1 aromatic heterocycles. The van der Waals surface area contributed by atoms with Gasteiger partial charge in [0.2, 0.25) is 0 Å². The van der Waals surface area contributed by atoms with Gasteiger partial charge in [-0.1, -0.05) is 0 Å². The number of carbonyl (C=O) groups is 1. The van der Waals surface area contributed by atoms with Crippen LogP contribution >= 0.6 is 0 Å². The third-order valence-corrected chi connectivity index (χ3v) is 3.26. The fourth-order valence-electron chi connectivity index (χ4n) is 2.19. The predicted molar refractivity (Wildman–Crippen MR) is 74.5 cm³/mol. The predicted octanol–water partition coefficient (Wildman–Crippen LogP) is 1.45. The van der Waals surface area contributed by atoms with Crippen LogP contribution in [-0.4, -0.2) is 44.2 Å². The fraction of sp³-hybridized carbons (Fsp3) is 0.571. The van der Waals surface area contributed by atoms with Gasteiger partial charge in [0, 0.05) is 33.4 Å². The van der Waals surface area contributed by atoms with E-state index < -0.39 is 0 Å². The van der Waals surface area contributed by atoms with Crippen molar-refractivity contribution in [2.45, 2.75) is 19.3 Å². The minimum absolute atomic E-state index is 0.121. The van der Waals surface area contributed by atoms with Crippen molar-refractivity contribution < 1.29 is 9.53 Å². The number of pyridine rings is 1. The molecule has 1 amide bonds. The highest BCUT2D eigenvalue weighted by Crippen LogP contribution is 2.18. The second kappa shape index (κ2) is 7.09. The standard InChI is InChI=1S/C14H21N3O2/c1-19-10-4-7-15-14(18)13-6-5-12(11-16-13)17-8-2-3-9-17/h5-6,11H,2-4,7-10H2,1H3,(H,15,18). The summed E-state index contributed by atoms with van der Waals surface area (Å²) >= 11 is 0. The SMILES string of the molecule is COCCCNC(=O)c1ccc(N2CCCC2)cn1. The molecule has 0 saturated carbocycles. The molecule has 5 heteroatoms. The first kappa shape index (κ1) is 13.8. The third kappa shape index (κ3) is 3.92. The third-order valence-electron chi connectivity index (χ3n) is 3.26. The van der Waals surface area contributed by atoms with Gasteiger partial charge in [-0.05, 0) is 31.4 Å². The van der Waals surface area contributed by atoms with Crippen molar-refractivity contribution in [1.82, 2.24) is 10.3 Å². The maximum Gasteiger partial charge on any atom is 0.269 e. The van der Waals surface area contributed by atoms with Gasteiger partial charge >= 0.3 is 0 Å². The number of amides is 1. The van der Waals surface area contributed by atoms with Crippen molar-refractivity contribution in [2.24, 2.45) is 0 Å². The quantitative estimate of drug-likeness (QED) is 0.789. The molecule has 19 heavy (non-hydrogen) atoms. The molecule has 1 aliphatic heterocycles. The summed E-state index contributed by atoms with van der Waals surface area (Å²) in [6.07, 6.45) is 5.08. The highest BCUT2D eigenvalue weighted by atomic mass is 16.5. The molecule has 1 aromatic rings. The van der Waals surface area contributed by atoms with Gasteiger partial charge in [0.1, 0.15) is 5.69 Å². The topological polar surface area (TPSA) is 54.5 Å². The first-order chi connectivity index (χ1) is 9.31. The molecule has 2 rings (SSSR count). The number of methoxy groups -OCH3 is 1. The lowest BCUT2D eigenvalue weighted by molar-refractivity contribution is 0.0943. The number of hydrogen-bond donors (Lipinski definition) is 1. The van der Waals surface area contributed by atoms with Crippen LogP contribution in [0.1, 0.15) is 29.8 Å². The van der Waals surface area contributed by atoms with Gasteiger partial charge in [0.15, 0.2) is 0 Å².